The van der Waals surface area contributed by atoms with Gasteiger partial charge in [-0.3, -0.25) is 10.1 Å². The molecule has 2 heterocycles. The molecule has 0 radical (unpaired) electrons. The molecule has 16 heavy (non-hydrogen) atoms. The van der Waals surface area contributed by atoms with E-state index in [4.69, 9.17) is 0 Å². The van der Waals surface area contributed by atoms with Crippen LogP contribution in [0.1, 0.15) is 26.7 Å². The van der Waals surface area contributed by atoms with Crippen molar-refractivity contribution in [3.8, 4) is 0 Å². The lowest BCUT2D eigenvalue weighted by Gasteiger charge is -2.34. The van der Waals surface area contributed by atoms with Gasteiger partial charge in [0.25, 0.3) is 0 Å². The predicted octanol–water partition coefficient (Wildman–Crippen LogP) is 0.496. The van der Waals surface area contributed by atoms with Crippen LogP contribution in [0.5, 0.6) is 0 Å². The summed E-state index contributed by atoms with van der Waals surface area (Å²) in [6.07, 6.45) is 2.71. The molecule has 0 bridgehead atoms. The van der Waals surface area contributed by atoms with Gasteiger partial charge in [-0.2, -0.15) is 0 Å². The van der Waals surface area contributed by atoms with E-state index >= 15 is 0 Å². The van der Waals surface area contributed by atoms with Crippen molar-refractivity contribution in [3.05, 3.63) is 0 Å². The highest BCUT2D eigenvalue weighted by Crippen LogP contribution is 2.20. The second-order valence-electron chi connectivity index (χ2n) is 4.98. The first kappa shape index (κ1) is 11.9. The molecule has 0 spiro atoms. The molecule has 4 nitrogen and oxygen atoms in total. The van der Waals surface area contributed by atoms with E-state index in [-0.39, 0.29) is 12.1 Å². The van der Waals surface area contributed by atoms with E-state index in [1.807, 2.05) is 4.90 Å². The van der Waals surface area contributed by atoms with Gasteiger partial charge in [-0.15, -0.1) is 0 Å². The monoisotopic (exact) mass is 225 g/mol. The first-order chi connectivity index (χ1) is 7.70. The summed E-state index contributed by atoms with van der Waals surface area (Å²) in [5.41, 5.74) is 0. The molecular weight excluding hydrogens is 202 g/mol. The van der Waals surface area contributed by atoms with Crippen LogP contribution in [-0.4, -0.2) is 54.6 Å². The highest BCUT2D eigenvalue weighted by atomic mass is 16.2. The number of piperidine rings is 1. The normalized spacial score (nSPS) is 29.0. The number of amides is 1. The third-order valence-corrected chi connectivity index (χ3v) is 3.95. The molecule has 0 aliphatic carbocycles. The molecule has 0 saturated carbocycles. The summed E-state index contributed by atoms with van der Waals surface area (Å²) >= 11 is 0. The van der Waals surface area contributed by atoms with Crippen LogP contribution in [-0.2, 0) is 4.79 Å². The average molecular weight is 225 g/mol. The van der Waals surface area contributed by atoms with E-state index in [1.165, 1.54) is 25.9 Å². The van der Waals surface area contributed by atoms with Gasteiger partial charge in [0, 0.05) is 6.54 Å². The Morgan fingerprint density at radius 1 is 1.38 bits per heavy atom. The summed E-state index contributed by atoms with van der Waals surface area (Å²) < 4.78 is 0. The molecule has 2 rings (SSSR count). The zero-order chi connectivity index (χ0) is 11.5. The Balaban J connectivity index is 1.80. The molecule has 2 fully saturated rings. The van der Waals surface area contributed by atoms with Crippen LogP contribution < -0.4 is 5.32 Å². The highest BCUT2D eigenvalue weighted by Gasteiger charge is 2.30. The number of hydrogen-bond acceptors (Lipinski definition) is 3. The summed E-state index contributed by atoms with van der Waals surface area (Å²) in [7, 11) is 0. The Kier molecular flexibility index (Phi) is 3.82. The maximum absolute atomic E-state index is 11.6. The number of nitrogens with one attached hydrogen (secondary N) is 1. The van der Waals surface area contributed by atoms with Gasteiger partial charge in [0.05, 0.1) is 12.7 Å². The molecule has 1 unspecified atom stereocenters. The predicted molar refractivity (Wildman–Crippen MR) is 64.0 cm³/mol. The van der Waals surface area contributed by atoms with Crippen LogP contribution in [0.15, 0.2) is 0 Å². The molecule has 2 saturated heterocycles. The van der Waals surface area contributed by atoms with E-state index < -0.39 is 0 Å². The molecule has 1 N–H and O–H groups in total. The van der Waals surface area contributed by atoms with Crippen molar-refractivity contribution in [2.45, 2.75) is 32.9 Å². The van der Waals surface area contributed by atoms with Gasteiger partial charge in [0.1, 0.15) is 0 Å². The first-order valence-corrected chi connectivity index (χ1v) is 6.46. The zero-order valence-corrected chi connectivity index (χ0v) is 10.4. The maximum Gasteiger partial charge on any atom is 0.237 e. The molecular formula is C12H23N3O. The van der Waals surface area contributed by atoms with Gasteiger partial charge in [0.2, 0.25) is 5.91 Å². The van der Waals surface area contributed by atoms with Crippen LogP contribution in [0.4, 0.5) is 0 Å². The van der Waals surface area contributed by atoms with Gasteiger partial charge < -0.3 is 9.80 Å². The molecule has 1 amide bonds. The summed E-state index contributed by atoms with van der Waals surface area (Å²) in [6.45, 7) is 9.32. The second-order valence-corrected chi connectivity index (χ2v) is 4.98. The third-order valence-electron chi connectivity index (χ3n) is 3.95. The maximum atomic E-state index is 11.6. The second kappa shape index (κ2) is 5.15. The van der Waals surface area contributed by atoms with Crippen LogP contribution in [0.25, 0.3) is 0 Å². The van der Waals surface area contributed by atoms with Crippen molar-refractivity contribution in [2.24, 2.45) is 5.92 Å². The smallest absolute Gasteiger partial charge is 0.237 e. The third kappa shape index (κ3) is 2.55. The molecule has 2 aliphatic rings. The van der Waals surface area contributed by atoms with Gasteiger partial charge in [-0.25, -0.2) is 0 Å². The highest BCUT2D eigenvalue weighted by molar-refractivity contribution is 5.80. The molecule has 1 atom stereocenters. The Hall–Kier alpha value is -0.610. The number of nitrogens with zero attached hydrogens (tertiary/aromatic N) is 2. The Labute approximate surface area is 98.0 Å². The van der Waals surface area contributed by atoms with Crippen molar-refractivity contribution < 1.29 is 4.79 Å². The van der Waals surface area contributed by atoms with Crippen molar-refractivity contribution in [1.82, 2.24) is 15.1 Å². The summed E-state index contributed by atoms with van der Waals surface area (Å²) in [4.78, 5) is 16.1. The van der Waals surface area contributed by atoms with Crippen LogP contribution in [0, 0.1) is 5.92 Å². The number of likely N-dealkylation sites (tertiary alicyclic amines) is 1. The standard InChI is InChI=1S/C12H23N3O/c1-3-14-6-4-11(5-7-14)9-15-10(2)13-8-12(15)16/h10-11,13H,3-9H2,1-2H3. The number of carbonyl (C=O) groups excluding carboxylic acids is 1. The molecule has 92 valence electrons. The van der Waals surface area contributed by atoms with Crippen molar-refractivity contribution in [1.29, 1.82) is 0 Å². The number of carbonyl (C=O) groups is 1. The van der Waals surface area contributed by atoms with Gasteiger partial charge >= 0.3 is 0 Å². The Morgan fingerprint density at radius 3 is 2.56 bits per heavy atom. The summed E-state index contributed by atoms with van der Waals surface area (Å²) in [5, 5.41) is 3.19. The minimum atomic E-state index is 0.233. The number of rotatable bonds is 3. The Morgan fingerprint density at radius 2 is 2.06 bits per heavy atom. The van der Waals surface area contributed by atoms with Gasteiger partial charge in [0.15, 0.2) is 0 Å². The van der Waals surface area contributed by atoms with Crippen LogP contribution in [0.2, 0.25) is 0 Å². The number of hydrogen-bond donors (Lipinski definition) is 1. The summed E-state index contributed by atoms with van der Waals surface area (Å²) in [5.74, 6) is 0.972. The molecule has 0 aromatic heterocycles. The van der Waals surface area contributed by atoms with E-state index in [9.17, 15) is 4.79 Å². The fourth-order valence-electron chi connectivity index (χ4n) is 2.69. The molecule has 0 aromatic rings. The van der Waals surface area contributed by atoms with E-state index in [0.717, 1.165) is 13.1 Å². The quantitative estimate of drug-likeness (QED) is 0.759. The van der Waals surface area contributed by atoms with Crippen molar-refractivity contribution in [2.75, 3.05) is 32.7 Å². The van der Waals surface area contributed by atoms with E-state index in [2.05, 4.69) is 24.1 Å². The van der Waals surface area contributed by atoms with E-state index in [1.54, 1.807) is 0 Å². The summed E-state index contributed by atoms with van der Waals surface area (Å²) in [6, 6.07) is 0. The first-order valence-electron chi connectivity index (χ1n) is 6.46. The lowest BCUT2D eigenvalue weighted by molar-refractivity contribution is -0.128. The van der Waals surface area contributed by atoms with Gasteiger partial charge in [-0.05, 0) is 45.3 Å². The lowest BCUT2D eigenvalue weighted by Crippen LogP contribution is -2.42. The molecule has 0 aromatic carbocycles. The minimum absolute atomic E-state index is 0.233. The van der Waals surface area contributed by atoms with Crippen molar-refractivity contribution in [3.63, 3.8) is 0 Å². The average Bonchev–Trinajstić information content (AvgIpc) is 2.62. The largest absolute Gasteiger partial charge is 0.326 e. The fraction of sp³-hybridized carbons (Fsp3) is 0.917. The lowest BCUT2D eigenvalue weighted by atomic mass is 9.96. The fourth-order valence-corrected chi connectivity index (χ4v) is 2.69. The topological polar surface area (TPSA) is 35.6 Å². The van der Waals surface area contributed by atoms with Crippen molar-refractivity contribution >= 4 is 5.91 Å². The molecule has 4 heteroatoms. The SMILES string of the molecule is CCN1CCC(CN2C(=O)CNC2C)CC1. The van der Waals surface area contributed by atoms with Crippen LogP contribution >= 0.6 is 0 Å². The van der Waals surface area contributed by atoms with Crippen LogP contribution in [0.3, 0.4) is 0 Å². The van der Waals surface area contributed by atoms with Gasteiger partial charge in [-0.1, -0.05) is 6.92 Å². The minimum Gasteiger partial charge on any atom is -0.326 e. The molecule has 2 aliphatic heterocycles. The Bertz CT molecular complexity index is 249. The zero-order valence-electron chi connectivity index (χ0n) is 10.4. The van der Waals surface area contributed by atoms with E-state index in [0.29, 0.717) is 12.5 Å².